The molecule has 0 saturated heterocycles. The van der Waals surface area contributed by atoms with Crippen molar-refractivity contribution in [1.29, 1.82) is 10.5 Å². The number of benzene rings is 1. The lowest BCUT2D eigenvalue weighted by molar-refractivity contribution is 0.263. The Morgan fingerprint density at radius 1 is 1.41 bits per heavy atom. The van der Waals surface area contributed by atoms with Crippen molar-refractivity contribution in [3.63, 3.8) is 0 Å². The monoisotopic (exact) mass is 227 g/mol. The summed E-state index contributed by atoms with van der Waals surface area (Å²) in [5.74, 6) is 0.797. The second kappa shape index (κ2) is 4.17. The molecule has 1 N–H and O–H groups in total. The molecule has 0 amide bonds. The molecule has 0 spiro atoms. The minimum atomic E-state index is -1.48. The molecule has 1 aliphatic rings. The van der Waals surface area contributed by atoms with Crippen LogP contribution in [0.1, 0.15) is 0 Å². The summed E-state index contributed by atoms with van der Waals surface area (Å²) >= 11 is 0. The zero-order valence-electron chi connectivity index (χ0n) is 9.08. The Labute approximate surface area is 98.4 Å². The average Bonchev–Trinajstić information content (AvgIpc) is 2.68. The smallest absolute Gasteiger partial charge is 0.218 e. The van der Waals surface area contributed by atoms with Gasteiger partial charge in [-0.2, -0.15) is 10.5 Å². The molecule has 1 aliphatic heterocycles. The van der Waals surface area contributed by atoms with Gasteiger partial charge in [-0.05, 0) is 12.1 Å². The second-order valence-corrected chi connectivity index (χ2v) is 3.49. The predicted octanol–water partition coefficient (Wildman–Crippen LogP) is 1.13. The Morgan fingerprint density at radius 3 is 2.71 bits per heavy atom. The van der Waals surface area contributed by atoms with Crippen LogP contribution in [0.5, 0.6) is 5.75 Å². The first-order valence-corrected chi connectivity index (χ1v) is 4.91. The van der Waals surface area contributed by atoms with Crippen molar-refractivity contribution >= 4 is 5.69 Å². The van der Waals surface area contributed by atoms with Crippen LogP contribution in [-0.4, -0.2) is 18.3 Å². The predicted molar refractivity (Wildman–Crippen MR) is 59.7 cm³/mol. The quantitative estimate of drug-likeness (QED) is 0.574. The van der Waals surface area contributed by atoms with E-state index in [0.717, 1.165) is 5.69 Å². The van der Waals surface area contributed by atoms with Crippen LogP contribution in [0.3, 0.4) is 0 Å². The van der Waals surface area contributed by atoms with E-state index in [4.69, 9.17) is 15.3 Å². The van der Waals surface area contributed by atoms with Crippen LogP contribution >= 0.6 is 0 Å². The van der Waals surface area contributed by atoms with Gasteiger partial charge in [-0.1, -0.05) is 12.1 Å². The summed E-state index contributed by atoms with van der Waals surface area (Å²) in [5, 5.41) is 27.0. The molecule has 17 heavy (non-hydrogen) atoms. The van der Waals surface area contributed by atoms with Crippen LogP contribution in [-0.2, 0) is 0 Å². The van der Waals surface area contributed by atoms with Crippen molar-refractivity contribution in [1.82, 2.24) is 0 Å². The minimum absolute atomic E-state index is 0.0915. The summed E-state index contributed by atoms with van der Waals surface area (Å²) in [7, 11) is 1.71. The summed E-state index contributed by atoms with van der Waals surface area (Å²) in [5.41, 5.74) is 0.701. The van der Waals surface area contributed by atoms with Crippen molar-refractivity contribution in [3.05, 3.63) is 35.7 Å². The number of hydrogen-bond donors (Lipinski definition) is 1. The molecule has 0 fully saturated rings. The van der Waals surface area contributed by atoms with Crippen molar-refractivity contribution in [2.24, 2.45) is 0 Å². The third-order valence-electron chi connectivity index (χ3n) is 2.48. The summed E-state index contributed by atoms with van der Waals surface area (Å²) in [6.45, 7) is 0. The Kier molecular flexibility index (Phi) is 2.70. The highest BCUT2D eigenvalue weighted by Gasteiger charge is 2.28. The molecular formula is C12H9N3O2. The molecule has 5 heteroatoms. The maximum atomic E-state index is 9.43. The van der Waals surface area contributed by atoms with Crippen molar-refractivity contribution in [2.75, 3.05) is 11.9 Å². The zero-order valence-corrected chi connectivity index (χ0v) is 9.08. The Balaban J connectivity index is 2.50. The van der Waals surface area contributed by atoms with E-state index in [-0.39, 0.29) is 11.5 Å². The molecular weight excluding hydrogens is 218 g/mol. The molecule has 1 unspecified atom stereocenters. The van der Waals surface area contributed by atoms with Crippen LogP contribution in [0.4, 0.5) is 5.69 Å². The van der Waals surface area contributed by atoms with Crippen LogP contribution in [0, 0.1) is 22.7 Å². The fourth-order valence-electron chi connectivity index (χ4n) is 1.63. The van der Waals surface area contributed by atoms with Gasteiger partial charge in [0.1, 0.15) is 11.6 Å². The molecule has 1 aromatic rings. The van der Waals surface area contributed by atoms with Gasteiger partial charge < -0.3 is 14.7 Å². The normalized spacial score (nSPS) is 17.5. The molecule has 0 radical (unpaired) electrons. The second-order valence-electron chi connectivity index (χ2n) is 3.49. The molecule has 1 atom stereocenters. The van der Waals surface area contributed by atoms with Crippen molar-refractivity contribution in [3.8, 4) is 17.9 Å². The third-order valence-corrected chi connectivity index (χ3v) is 2.48. The van der Waals surface area contributed by atoms with E-state index in [1.54, 1.807) is 30.2 Å². The van der Waals surface area contributed by atoms with Crippen LogP contribution in [0.15, 0.2) is 35.7 Å². The Bertz CT molecular complexity index is 566. The summed E-state index contributed by atoms with van der Waals surface area (Å²) in [6, 6.07) is 10.6. The maximum Gasteiger partial charge on any atom is 0.218 e. The zero-order chi connectivity index (χ0) is 12.4. The fraction of sp³-hybridized carbons (Fsp3) is 0.167. The molecule has 1 heterocycles. The van der Waals surface area contributed by atoms with E-state index < -0.39 is 6.10 Å². The van der Waals surface area contributed by atoms with Gasteiger partial charge >= 0.3 is 0 Å². The average molecular weight is 227 g/mol. The van der Waals surface area contributed by atoms with Crippen LogP contribution in [0.2, 0.25) is 0 Å². The van der Waals surface area contributed by atoms with Gasteiger partial charge in [0.2, 0.25) is 5.88 Å². The number of nitriles is 2. The molecule has 1 aromatic carbocycles. The molecule has 5 nitrogen and oxygen atoms in total. The summed E-state index contributed by atoms with van der Waals surface area (Å²) in [6.07, 6.45) is -1.48. The van der Waals surface area contributed by atoms with Crippen LogP contribution in [0.25, 0.3) is 0 Å². The fourth-order valence-corrected chi connectivity index (χ4v) is 1.63. The number of aliphatic hydroxyl groups excluding tert-OH is 1. The Morgan fingerprint density at radius 2 is 2.12 bits per heavy atom. The lowest BCUT2D eigenvalue weighted by atomic mass is 10.2. The van der Waals surface area contributed by atoms with Gasteiger partial charge in [-0.3, -0.25) is 0 Å². The first kappa shape index (κ1) is 11.0. The number of hydrogen-bond acceptors (Lipinski definition) is 5. The van der Waals surface area contributed by atoms with E-state index in [1.807, 2.05) is 18.2 Å². The van der Waals surface area contributed by atoms with Gasteiger partial charge in [0.05, 0.1) is 11.8 Å². The molecule has 0 aromatic heterocycles. The molecule has 0 aliphatic carbocycles. The standard InChI is InChI=1S/C12H9N3O2/c1-15-9-4-2-3-5-11(9)17-12(15)8(6-13)10(16)7-14/h2-5,10,16H,1H3. The largest absolute Gasteiger partial charge is 0.437 e. The molecule has 84 valence electrons. The number of aliphatic hydroxyl groups is 1. The third kappa shape index (κ3) is 1.69. The maximum absolute atomic E-state index is 9.43. The highest BCUT2D eigenvalue weighted by molar-refractivity contribution is 5.67. The van der Waals surface area contributed by atoms with Crippen molar-refractivity contribution in [2.45, 2.75) is 6.10 Å². The summed E-state index contributed by atoms with van der Waals surface area (Å²) < 4.78 is 5.47. The highest BCUT2D eigenvalue weighted by atomic mass is 16.5. The lowest BCUT2D eigenvalue weighted by Gasteiger charge is -2.13. The number of nitrogens with zero attached hydrogens (tertiary/aromatic N) is 3. The molecule has 0 saturated carbocycles. The first-order chi connectivity index (χ1) is 8.19. The van der Waals surface area contributed by atoms with E-state index in [9.17, 15) is 5.11 Å². The molecule has 2 rings (SSSR count). The number of fused-ring (bicyclic) bond motifs is 1. The molecule has 0 bridgehead atoms. The van der Waals surface area contributed by atoms with Crippen molar-refractivity contribution < 1.29 is 9.84 Å². The topological polar surface area (TPSA) is 80.3 Å². The van der Waals surface area contributed by atoms with Gasteiger partial charge in [0, 0.05) is 7.05 Å². The van der Waals surface area contributed by atoms with E-state index in [0.29, 0.717) is 5.75 Å². The Hall–Kier alpha value is -2.50. The number of para-hydroxylation sites is 2. The first-order valence-electron chi connectivity index (χ1n) is 4.91. The van der Waals surface area contributed by atoms with Crippen LogP contribution < -0.4 is 9.64 Å². The SMILES string of the molecule is CN1C(=C(C#N)C(O)C#N)Oc2ccccc21. The van der Waals surface area contributed by atoms with Gasteiger partial charge in [0.25, 0.3) is 0 Å². The van der Waals surface area contributed by atoms with Gasteiger partial charge in [0.15, 0.2) is 11.9 Å². The van der Waals surface area contributed by atoms with Gasteiger partial charge in [-0.15, -0.1) is 0 Å². The highest BCUT2D eigenvalue weighted by Crippen LogP contribution is 2.38. The number of anilines is 1. The van der Waals surface area contributed by atoms with E-state index >= 15 is 0 Å². The number of rotatable bonds is 1. The minimum Gasteiger partial charge on any atom is -0.437 e. The van der Waals surface area contributed by atoms with Gasteiger partial charge in [-0.25, -0.2) is 0 Å². The summed E-state index contributed by atoms with van der Waals surface area (Å²) in [4.78, 5) is 1.63. The lowest BCUT2D eigenvalue weighted by Crippen LogP contribution is -2.20. The van der Waals surface area contributed by atoms with E-state index in [1.165, 1.54) is 0 Å². The van der Waals surface area contributed by atoms with E-state index in [2.05, 4.69) is 0 Å². The number of ether oxygens (including phenoxy) is 1.